The van der Waals surface area contributed by atoms with Crippen molar-refractivity contribution in [2.75, 3.05) is 19.5 Å². The molecule has 3 rings (SSSR count). The highest BCUT2D eigenvalue weighted by Gasteiger charge is 2.08. The maximum absolute atomic E-state index is 13.5. The van der Waals surface area contributed by atoms with Crippen LogP contribution in [0.5, 0.6) is 11.5 Å². The first-order valence-electron chi connectivity index (χ1n) is 6.60. The third kappa shape index (κ3) is 2.63. The van der Waals surface area contributed by atoms with Crippen LogP contribution in [-0.4, -0.2) is 24.2 Å². The van der Waals surface area contributed by atoms with E-state index in [4.69, 9.17) is 9.47 Å². The lowest BCUT2D eigenvalue weighted by atomic mass is 10.2. The molecular weight excluding hydrogens is 285 g/mol. The second-order valence-electron chi connectivity index (χ2n) is 4.58. The van der Waals surface area contributed by atoms with E-state index >= 15 is 0 Å². The number of halogens is 1. The van der Waals surface area contributed by atoms with Crippen molar-refractivity contribution in [1.29, 1.82) is 0 Å². The Morgan fingerprint density at radius 2 is 1.77 bits per heavy atom. The first kappa shape index (κ1) is 14.1. The van der Waals surface area contributed by atoms with Crippen LogP contribution >= 0.6 is 0 Å². The van der Waals surface area contributed by atoms with E-state index in [-0.39, 0.29) is 5.82 Å². The Kier molecular flexibility index (Phi) is 3.74. The van der Waals surface area contributed by atoms with Gasteiger partial charge in [-0.2, -0.15) is 0 Å². The van der Waals surface area contributed by atoms with Gasteiger partial charge < -0.3 is 14.8 Å². The second-order valence-corrected chi connectivity index (χ2v) is 4.58. The number of rotatable bonds is 4. The first-order valence-corrected chi connectivity index (χ1v) is 6.60. The molecular formula is C16H14FN3O2. The lowest BCUT2D eigenvalue weighted by Gasteiger charge is -2.12. The molecule has 0 fully saturated rings. The normalized spacial score (nSPS) is 10.5. The maximum Gasteiger partial charge on any atom is 0.162 e. The first-order chi connectivity index (χ1) is 10.7. The Balaban J connectivity index is 2.01. The van der Waals surface area contributed by atoms with Crippen LogP contribution < -0.4 is 14.8 Å². The topological polar surface area (TPSA) is 56.3 Å². The number of hydrogen-bond acceptors (Lipinski definition) is 5. The third-order valence-electron chi connectivity index (χ3n) is 3.24. The van der Waals surface area contributed by atoms with Crippen molar-refractivity contribution in [2.24, 2.45) is 0 Å². The van der Waals surface area contributed by atoms with Gasteiger partial charge in [-0.1, -0.05) is 0 Å². The predicted molar refractivity (Wildman–Crippen MR) is 82.3 cm³/mol. The van der Waals surface area contributed by atoms with Crippen molar-refractivity contribution in [3.8, 4) is 11.5 Å². The van der Waals surface area contributed by atoms with Crippen LogP contribution in [0.3, 0.4) is 0 Å². The lowest BCUT2D eigenvalue weighted by Crippen LogP contribution is -1.98. The average molecular weight is 299 g/mol. The molecule has 3 aromatic rings. The van der Waals surface area contributed by atoms with Crippen LogP contribution in [0.4, 0.5) is 15.9 Å². The van der Waals surface area contributed by atoms with Crippen LogP contribution in [0.15, 0.2) is 42.7 Å². The zero-order chi connectivity index (χ0) is 15.5. The molecule has 22 heavy (non-hydrogen) atoms. The molecule has 5 nitrogen and oxygen atoms in total. The van der Waals surface area contributed by atoms with E-state index in [1.54, 1.807) is 32.4 Å². The summed E-state index contributed by atoms with van der Waals surface area (Å²) in [6, 6.07) is 9.78. The molecule has 0 spiro atoms. The van der Waals surface area contributed by atoms with E-state index in [2.05, 4.69) is 15.3 Å². The number of methoxy groups -OCH3 is 2. The van der Waals surface area contributed by atoms with Crippen molar-refractivity contribution in [3.63, 3.8) is 0 Å². The molecule has 0 aliphatic carbocycles. The molecule has 0 aliphatic heterocycles. The number of hydrogen-bond donors (Lipinski definition) is 1. The Morgan fingerprint density at radius 3 is 2.55 bits per heavy atom. The van der Waals surface area contributed by atoms with Gasteiger partial charge in [0.2, 0.25) is 0 Å². The predicted octanol–water partition coefficient (Wildman–Crippen LogP) is 3.53. The number of fused-ring (bicyclic) bond motifs is 1. The molecule has 2 aromatic carbocycles. The van der Waals surface area contributed by atoms with E-state index in [0.717, 1.165) is 5.69 Å². The zero-order valence-corrected chi connectivity index (χ0v) is 12.1. The van der Waals surface area contributed by atoms with Gasteiger partial charge in [0.1, 0.15) is 18.0 Å². The summed E-state index contributed by atoms with van der Waals surface area (Å²) < 4.78 is 23.9. The van der Waals surface area contributed by atoms with Gasteiger partial charge in [-0.25, -0.2) is 14.4 Å². The van der Waals surface area contributed by atoms with Crippen LogP contribution in [0.2, 0.25) is 0 Å². The van der Waals surface area contributed by atoms with Crippen molar-refractivity contribution >= 4 is 22.4 Å². The molecule has 0 saturated carbocycles. The SMILES string of the molecule is COc1ccc(Nc2ncnc3ccc(F)cc23)cc1OC. The molecule has 112 valence electrons. The van der Waals surface area contributed by atoms with Gasteiger partial charge in [0.05, 0.1) is 19.7 Å². The monoisotopic (exact) mass is 299 g/mol. The fourth-order valence-corrected chi connectivity index (χ4v) is 2.18. The number of nitrogens with one attached hydrogen (secondary N) is 1. The third-order valence-corrected chi connectivity index (χ3v) is 3.24. The van der Waals surface area contributed by atoms with E-state index in [9.17, 15) is 4.39 Å². The van der Waals surface area contributed by atoms with E-state index in [0.29, 0.717) is 28.2 Å². The van der Waals surface area contributed by atoms with Gasteiger partial charge in [-0.15, -0.1) is 0 Å². The molecule has 0 amide bonds. The molecule has 6 heteroatoms. The summed E-state index contributed by atoms with van der Waals surface area (Å²) in [5.41, 5.74) is 1.42. The Hall–Kier alpha value is -2.89. The summed E-state index contributed by atoms with van der Waals surface area (Å²) >= 11 is 0. The molecule has 0 unspecified atom stereocenters. The van der Waals surface area contributed by atoms with Gasteiger partial charge in [0.25, 0.3) is 0 Å². The van der Waals surface area contributed by atoms with Crippen LogP contribution in [0.25, 0.3) is 10.9 Å². The van der Waals surface area contributed by atoms with E-state index in [1.807, 2.05) is 6.07 Å². The highest BCUT2D eigenvalue weighted by Crippen LogP contribution is 2.32. The number of anilines is 2. The average Bonchev–Trinajstić information content (AvgIpc) is 2.55. The summed E-state index contributed by atoms with van der Waals surface area (Å²) in [6.07, 6.45) is 1.43. The molecule has 1 N–H and O–H groups in total. The number of nitrogens with zero attached hydrogens (tertiary/aromatic N) is 2. The maximum atomic E-state index is 13.5. The fraction of sp³-hybridized carbons (Fsp3) is 0.125. The quantitative estimate of drug-likeness (QED) is 0.798. The Labute approximate surface area is 126 Å². The van der Waals surface area contributed by atoms with Crippen LogP contribution in [-0.2, 0) is 0 Å². The highest BCUT2D eigenvalue weighted by atomic mass is 19.1. The van der Waals surface area contributed by atoms with Crippen molar-refractivity contribution in [1.82, 2.24) is 9.97 Å². The number of benzene rings is 2. The van der Waals surface area contributed by atoms with Crippen LogP contribution in [0.1, 0.15) is 0 Å². The van der Waals surface area contributed by atoms with Crippen molar-refractivity contribution < 1.29 is 13.9 Å². The molecule has 0 radical (unpaired) electrons. The molecule has 0 aliphatic rings. The summed E-state index contributed by atoms with van der Waals surface area (Å²) in [4.78, 5) is 8.30. The van der Waals surface area contributed by atoms with Gasteiger partial charge in [-0.3, -0.25) is 0 Å². The van der Waals surface area contributed by atoms with Crippen LogP contribution in [0, 0.1) is 5.82 Å². The summed E-state index contributed by atoms with van der Waals surface area (Å²) in [7, 11) is 3.14. The number of ether oxygens (including phenoxy) is 2. The van der Waals surface area contributed by atoms with Gasteiger partial charge in [-0.05, 0) is 30.3 Å². The standard InChI is InChI=1S/C16H14FN3O2/c1-21-14-6-4-11(8-15(14)22-2)20-16-12-7-10(17)3-5-13(12)18-9-19-16/h3-9H,1-2H3,(H,18,19,20). The summed E-state index contributed by atoms with van der Waals surface area (Å²) in [6.45, 7) is 0. The van der Waals surface area contributed by atoms with Gasteiger partial charge >= 0.3 is 0 Å². The minimum absolute atomic E-state index is 0.335. The van der Waals surface area contributed by atoms with E-state index < -0.39 is 0 Å². The van der Waals surface area contributed by atoms with E-state index in [1.165, 1.54) is 18.5 Å². The second kappa shape index (κ2) is 5.85. The minimum atomic E-state index is -0.335. The number of aromatic nitrogens is 2. The van der Waals surface area contributed by atoms with Crippen molar-refractivity contribution in [2.45, 2.75) is 0 Å². The lowest BCUT2D eigenvalue weighted by molar-refractivity contribution is 0.355. The van der Waals surface area contributed by atoms with Gasteiger partial charge in [0.15, 0.2) is 11.5 Å². The molecule has 1 aromatic heterocycles. The summed E-state index contributed by atoms with van der Waals surface area (Å²) in [5.74, 6) is 1.41. The minimum Gasteiger partial charge on any atom is -0.493 e. The molecule has 0 bridgehead atoms. The highest BCUT2D eigenvalue weighted by molar-refractivity contribution is 5.90. The largest absolute Gasteiger partial charge is 0.493 e. The molecule has 1 heterocycles. The molecule has 0 atom stereocenters. The Bertz CT molecular complexity index is 824. The summed E-state index contributed by atoms with van der Waals surface area (Å²) in [5, 5.41) is 3.76. The zero-order valence-electron chi connectivity index (χ0n) is 12.1. The smallest absolute Gasteiger partial charge is 0.162 e. The van der Waals surface area contributed by atoms with Crippen molar-refractivity contribution in [3.05, 3.63) is 48.5 Å². The Morgan fingerprint density at radius 1 is 0.955 bits per heavy atom. The van der Waals surface area contributed by atoms with Gasteiger partial charge in [0, 0.05) is 17.1 Å². The molecule has 0 saturated heterocycles. The fourth-order valence-electron chi connectivity index (χ4n) is 2.18.